The van der Waals surface area contributed by atoms with Crippen LogP contribution in [0.4, 0.5) is 10.1 Å². The highest BCUT2D eigenvalue weighted by Crippen LogP contribution is 2.26. The topological polar surface area (TPSA) is 108 Å². The molecule has 0 saturated carbocycles. The number of hydrazone groups is 1. The van der Waals surface area contributed by atoms with E-state index >= 15 is 0 Å². The standard InChI is InChI=1S/C22H17FN4O4/c1-12-4-3-5-16(10-12)26-20(29)18(19(28)24-22(26)31)11-17-13(2)25-27(21(17)30)15-8-6-14(23)7-9-15/h3-11,29H,1-2H3,(H,24,28,31). The number of rotatable bonds is 3. The predicted octanol–water partition coefficient (Wildman–Crippen LogP) is 2.49. The summed E-state index contributed by atoms with van der Waals surface area (Å²) in [6.07, 6.45) is 1.19. The van der Waals surface area contributed by atoms with Crippen molar-refractivity contribution >= 4 is 23.4 Å². The summed E-state index contributed by atoms with van der Waals surface area (Å²) in [5.74, 6) is -1.62. The number of benzene rings is 2. The van der Waals surface area contributed by atoms with Gasteiger partial charge in [0.1, 0.15) is 11.4 Å². The molecule has 0 fully saturated rings. The van der Waals surface area contributed by atoms with Crippen molar-refractivity contribution in [2.75, 3.05) is 5.01 Å². The van der Waals surface area contributed by atoms with Gasteiger partial charge in [0.25, 0.3) is 11.5 Å². The van der Waals surface area contributed by atoms with E-state index in [9.17, 15) is 23.9 Å². The number of aryl methyl sites for hydroxylation is 1. The molecule has 156 valence electrons. The van der Waals surface area contributed by atoms with Crippen LogP contribution in [-0.2, 0) is 4.79 Å². The van der Waals surface area contributed by atoms with Crippen molar-refractivity contribution < 1.29 is 14.3 Å². The van der Waals surface area contributed by atoms with Crippen LogP contribution in [0.5, 0.6) is 5.88 Å². The lowest BCUT2D eigenvalue weighted by molar-refractivity contribution is -0.114. The van der Waals surface area contributed by atoms with E-state index < -0.39 is 28.9 Å². The predicted molar refractivity (Wildman–Crippen MR) is 114 cm³/mol. The zero-order valence-electron chi connectivity index (χ0n) is 16.6. The number of carbonyl (C=O) groups is 1. The number of aromatic hydroxyl groups is 1. The van der Waals surface area contributed by atoms with E-state index in [4.69, 9.17) is 0 Å². The van der Waals surface area contributed by atoms with Crippen LogP contribution < -0.4 is 16.3 Å². The second kappa shape index (κ2) is 7.52. The van der Waals surface area contributed by atoms with E-state index in [0.29, 0.717) is 17.1 Å². The summed E-state index contributed by atoms with van der Waals surface area (Å²) < 4.78 is 14.1. The second-order valence-corrected chi connectivity index (χ2v) is 7.01. The van der Waals surface area contributed by atoms with Gasteiger partial charge in [-0.25, -0.2) is 13.8 Å². The molecule has 2 heterocycles. The number of aromatic amines is 1. The Labute approximate surface area is 175 Å². The van der Waals surface area contributed by atoms with E-state index in [1.807, 2.05) is 13.0 Å². The molecule has 1 aliphatic heterocycles. The van der Waals surface area contributed by atoms with Gasteiger partial charge in [-0.1, -0.05) is 12.1 Å². The first-order valence-electron chi connectivity index (χ1n) is 9.29. The maximum absolute atomic E-state index is 13.2. The average molecular weight is 420 g/mol. The lowest BCUT2D eigenvalue weighted by Gasteiger charge is -2.12. The molecule has 1 amide bonds. The Morgan fingerprint density at radius 1 is 1.03 bits per heavy atom. The summed E-state index contributed by atoms with van der Waals surface area (Å²) in [7, 11) is 0. The molecule has 0 bridgehead atoms. The zero-order valence-corrected chi connectivity index (χ0v) is 16.6. The molecular formula is C22H17FN4O4. The molecule has 0 unspecified atom stereocenters. The molecule has 1 aromatic heterocycles. The lowest BCUT2D eigenvalue weighted by atomic mass is 10.1. The minimum absolute atomic E-state index is 0.0552. The van der Waals surface area contributed by atoms with E-state index in [1.54, 1.807) is 25.1 Å². The molecule has 1 aliphatic rings. The highest BCUT2D eigenvalue weighted by Gasteiger charge is 2.30. The van der Waals surface area contributed by atoms with Crippen LogP contribution in [0.3, 0.4) is 0 Å². The highest BCUT2D eigenvalue weighted by molar-refractivity contribution is 6.32. The van der Waals surface area contributed by atoms with Gasteiger partial charge in [-0.05, 0) is 61.9 Å². The third-order valence-electron chi connectivity index (χ3n) is 4.80. The number of nitrogens with one attached hydrogen (secondary N) is 1. The molecule has 0 atom stereocenters. The second-order valence-electron chi connectivity index (χ2n) is 7.01. The number of carbonyl (C=O) groups excluding carboxylic acids is 1. The Morgan fingerprint density at radius 2 is 1.74 bits per heavy atom. The molecule has 2 aromatic carbocycles. The van der Waals surface area contributed by atoms with Gasteiger partial charge in [0.05, 0.1) is 22.7 Å². The molecule has 3 aromatic rings. The van der Waals surface area contributed by atoms with Crippen LogP contribution in [0.25, 0.3) is 11.8 Å². The third kappa shape index (κ3) is 3.57. The molecule has 31 heavy (non-hydrogen) atoms. The Bertz CT molecular complexity index is 1380. The van der Waals surface area contributed by atoms with Crippen molar-refractivity contribution in [3.05, 3.63) is 91.9 Å². The number of aromatic nitrogens is 2. The van der Waals surface area contributed by atoms with Crippen LogP contribution in [0.1, 0.15) is 18.1 Å². The van der Waals surface area contributed by atoms with Gasteiger partial charge in [-0.3, -0.25) is 14.6 Å². The highest BCUT2D eigenvalue weighted by atomic mass is 19.1. The fraction of sp³-hybridized carbons (Fsp3) is 0.0909. The number of hydrogen-bond acceptors (Lipinski definition) is 5. The van der Waals surface area contributed by atoms with E-state index in [1.165, 1.54) is 30.3 Å². The van der Waals surface area contributed by atoms with Crippen molar-refractivity contribution in [2.45, 2.75) is 13.8 Å². The molecule has 0 radical (unpaired) electrons. The number of halogens is 1. The van der Waals surface area contributed by atoms with Crippen molar-refractivity contribution in [1.82, 2.24) is 9.55 Å². The Kier molecular flexibility index (Phi) is 4.86. The van der Waals surface area contributed by atoms with Gasteiger partial charge in [0.2, 0.25) is 5.88 Å². The Balaban J connectivity index is 1.82. The van der Waals surface area contributed by atoms with Gasteiger partial charge >= 0.3 is 5.69 Å². The summed E-state index contributed by atoms with van der Waals surface area (Å²) in [5, 5.41) is 16.0. The number of amides is 1. The van der Waals surface area contributed by atoms with Gasteiger partial charge in [-0.15, -0.1) is 0 Å². The number of nitrogens with zero attached hydrogens (tertiary/aromatic N) is 3. The summed E-state index contributed by atoms with van der Waals surface area (Å²) >= 11 is 0. The van der Waals surface area contributed by atoms with Gasteiger partial charge in [-0.2, -0.15) is 10.1 Å². The minimum Gasteiger partial charge on any atom is -0.494 e. The average Bonchev–Trinajstić information content (AvgIpc) is 2.99. The van der Waals surface area contributed by atoms with E-state index in [2.05, 4.69) is 10.1 Å². The first kappa shape index (κ1) is 20.0. The van der Waals surface area contributed by atoms with Crippen molar-refractivity contribution in [1.29, 1.82) is 0 Å². The smallest absolute Gasteiger partial charge is 0.335 e. The lowest BCUT2D eigenvalue weighted by Crippen LogP contribution is -2.30. The molecule has 0 aliphatic carbocycles. The summed E-state index contributed by atoms with van der Waals surface area (Å²) in [6.45, 7) is 3.39. The van der Waals surface area contributed by atoms with Crippen LogP contribution in [0, 0.1) is 12.7 Å². The van der Waals surface area contributed by atoms with E-state index in [0.717, 1.165) is 15.1 Å². The van der Waals surface area contributed by atoms with Gasteiger partial charge in [0.15, 0.2) is 0 Å². The van der Waals surface area contributed by atoms with Gasteiger partial charge in [0, 0.05) is 0 Å². The zero-order chi connectivity index (χ0) is 22.3. The molecule has 8 nitrogen and oxygen atoms in total. The van der Waals surface area contributed by atoms with Crippen LogP contribution >= 0.6 is 0 Å². The minimum atomic E-state index is -0.847. The number of anilines is 1. The SMILES string of the molecule is CC1=NN(c2ccc(F)cc2)C(=O)C1=Cc1c(O)n(-c2cccc(C)c2)c(=O)[nH]c1=O. The maximum atomic E-state index is 13.2. The van der Waals surface area contributed by atoms with Crippen LogP contribution in [0.2, 0.25) is 0 Å². The van der Waals surface area contributed by atoms with Crippen LogP contribution in [0.15, 0.2) is 68.8 Å². The van der Waals surface area contributed by atoms with Crippen molar-refractivity contribution in [3.8, 4) is 11.6 Å². The molecule has 0 spiro atoms. The first-order chi connectivity index (χ1) is 14.8. The largest absolute Gasteiger partial charge is 0.494 e. The fourth-order valence-corrected chi connectivity index (χ4v) is 3.26. The summed E-state index contributed by atoms with van der Waals surface area (Å²) in [5.41, 5.74) is -0.0303. The van der Waals surface area contributed by atoms with Crippen molar-refractivity contribution in [3.63, 3.8) is 0 Å². The van der Waals surface area contributed by atoms with E-state index in [-0.39, 0.29) is 11.1 Å². The fourth-order valence-electron chi connectivity index (χ4n) is 3.26. The van der Waals surface area contributed by atoms with Crippen LogP contribution in [-0.4, -0.2) is 26.3 Å². The number of H-pyrrole nitrogens is 1. The van der Waals surface area contributed by atoms with Crippen molar-refractivity contribution in [2.24, 2.45) is 5.10 Å². The molecule has 0 saturated heterocycles. The maximum Gasteiger partial charge on any atom is 0.335 e. The molecule has 4 rings (SSSR count). The normalized spacial score (nSPS) is 14.9. The molecule has 2 N–H and O–H groups in total. The van der Waals surface area contributed by atoms with Gasteiger partial charge < -0.3 is 5.11 Å². The number of hydrogen-bond donors (Lipinski definition) is 2. The first-order valence-corrected chi connectivity index (χ1v) is 9.29. The monoisotopic (exact) mass is 420 g/mol. The molecular weight excluding hydrogens is 403 g/mol. The quantitative estimate of drug-likeness (QED) is 0.635. The Hall–Kier alpha value is -4.27. The summed E-state index contributed by atoms with van der Waals surface area (Å²) in [6, 6.07) is 12.0. The third-order valence-corrected chi connectivity index (χ3v) is 4.80. The Morgan fingerprint density at radius 3 is 2.42 bits per heavy atom. The molecule has 9 heteroatoms. The summed E-state index contributed by atoms with van der Waals surface area (Å²) in [4.78, 5) is 39.8.